The molecule has 0 aromatic heterocycles. The predicted octanol–water partition coefficient (Wildman–Crippen LogP) is 2.86. The molecule has 3 saturated carbocycles. The molecule has 2 spiro atoms. The summed E-state index contributed by atoms with van der Waals surface area (Å²) in [4.78, 5) is 25.9. The van der Waals surface area contributed by atoms with Gasteiger partial charge in [-0.25, -0.2) is 0 Å². The fourth-order valence-corrected chi connectivity index (χ4v) is 8.01. The average Bonchev–Trinajstić information content (AvgIpc) is 3.03. The lowest BCUT2D eigenvalue weighted by atomic mass is 9.43. The van der Waals surface area contributed by atoms with Crippen molar-refractivity contribution in [1.29, 1.82) is 0 Å². The number of hydrogen-bond acceptors (Lipinski definition) is 4. The number of carbonyl (C=O) groups excluding carboxylic acids is 2. The van der Waals surface area contributed by atoms with Crippen molar-refractivity contribution in [3.05, 3.63) is 11.6 Å². The highest BCUT2D eigenvalue weighted by Gasteiger charge is 2.76. The molecular formula is C20H24O4. The topological polar surface area (TPSA) is 52.6 Å². The fourth-order valence-electron chi connectivity index (χ4n) is 8.01. The molecule has 3 heterocycles. The van der Waals surface area contributed by atoms with E-state index in [0.717, 1.165) is 32.1 Å². The van der Waals surface area contributed by atoms with Crippen LogP contribution in [0.3, 0.4) is 0 Å². The Morgan fingerprint density at radius 1 is 1.08 bits per heavy atom. The molecule has 7 aliphatic rings. The van der Waals surface area contributed by atoms with E-state index < -0.39 is 0 Å². The maximum absolute atomic E-state index is 13.0. The fraction of sp³-hybridized carbons (Fsp3) is 0.800. The molecule has 0 aromatic rings. The van der Waals surface area contributed by atoms with Crippen molar-refractivity contribution in [2.45, 2.75) is 58.2 Å². The molecule has 4 aliphatic carbocycles. The van der Waals surface area contributed by atoms with Crippen LogP contribution < -0.4 is 0 Å². The summed E-state index contributed by atoms with van der Waals surface area (Å²) in [6.07, 6.45) is 6.78. The zero-order valence-electron chi connectivity index (χ0n) is 14.3. The zero-order valence-corrected chi connectivity index (χ0v) is 14.3. The largest absolute Gasteiger partial charge is 0.462 e. The molecule has 0 N–H and O–H groups in total. The first kappa shape index (κ1) is 13.9. The molecular weight excluding hydrogens is 304 g/mol. The molecule has 0 radical (unpaired) electrons. The molecule has 3 aliphatic heterocycles. The lowest BCUT2D eigenvalue weighted by Gasteiger charge is -2.62. The molecule has 0 amide bonds. The summed E-state index contributed by atoms with van der Waals surface area (Å²) in [6, 6.07) is 0. The van der Waals surface area contributed by atoms with E-state index in [9.17, 15) is 9.59 Å². The lowest BCUT2D eigenvalue weighted by molar-refractivity contribution is -0.234. The Kier molecular flexibility index (Phi) is 2.27. The van der Waals surface area contributed by atoms with Crippen molar-refractivity contribution in [3.8, 4) is 0 Å². The Balaban J connectivity index is 1.60. The maximum atomic E-state index is 13.0. The van der Waals surface area contributed by atoms with Gasteiger partial charge in [-0.3, -0.25) is 9.59 Å². The molecule has 4 nitrogen and oxygen atoms in total. The van der Waals surface area contributed by atoms with E-state index >= 15 is 0 Å². The standard InChI is InChI=1S/C20H24O4/c1-9-5-11-8-19(17(21)23-11)3-4-20-10(2)6-14(24-18(20)22)13-7-12(9)15(19)16(13)20/h5,10-16H,3-4,6-8H2,1-2H3/t10-,11+,12-,13-,14+,15-,16+,19+,20-/m1/s1. The Morgan fingerprint density at radius 3 is 2.71 bits per heavy atom. The number of ether oxygens (including phenoxy) is 2. The molecule has 7 rings (SSSR count). The molecule has 128 valence electrons. The van der Waals surface area contributed by atoms with Gasteiger partial charge in [0.25, 0.3) is 0 Å². The summed E-state index contributed by atoms with van der Waals surface area (Å²) in [6.45, 7) is 4.45. The molecule has 0 aromatic carbocycles. The van der Waals surface area contributed by atoms with Crippen LogP contribution in [0.4, 0.5) is 0 Å². The van der Waals surface area contributed by atoms with E-state index in [0.29, 0.717) is 23.7 Å². The molecule has 0 unspecified atom stereocenters. The van der Waals surface area contributed by atoms with Crippen molar-refractivity contribution in [2.24, 2.45) is 40.4 Å². The van der Waals surface area contributed by atoms with Crippen LogP contribution in [0.25, 0.3) is 0 Å². The number of carbonyl (C=O) groups is 2. The van der Waals surface area contributed by atoms with Gasteiger partial charge in [0.15, 0.2) is 0 Å². The number of hydrogen-bond donors (Lipinski definition) is 0. The second-order valence-corrected chi connectivity index (χ2v) is 9.39. The first-order chi connectivity index (χ1) is 11.5. The van der Waals surface area contributed by atoms with Gasteiger partial charge < -0.3 is 9.47 Å². The minimum absolute atomic E-state index is 0.0178. The smallest absolute Gasteiger partial charge is 0.313 e. The van der Waals surface area contributed by atoms with Gasteiger partial charge in [-0.2, -0.15) is 0 Å². The van der Waals surface area contributed by atoms with Crippen LogP contribution in [-0.4, -0.2) is 24.1 Å². The van der Waals surface area contributed by atoms with Crippen molar-refractivity contribution < 1.29 is 19.1 Å². The van der Waals surface area contributed by atoms with Gasteiger partial charge in [0.1, 0.15) is 12.2 Å². The number of rotatable bonds is 0. The van der Waals surface area contributed by atoms with Crippen LogP contribution >= 0.6 is 0 Å². The normalized spacial score (nSPS) is 59.4. The Bertz CT molecular complexity index is 710. The third-order valence-corrected chi connectivity index (χ3v) is 8.87. The van der Waals surface area contributed by atoms with E-state index in [1.54, 1.807) is 0 Å². The third kappa shape index (κ3) is 1.23. The zero-order chi connectivity index (χ0) is 16.4. The highest BCUT2D eigenvalue weighted by molar-refractivity contribution is 5.84. The van der Waals surface area contributed by atoms with Crippen molar-refractivity contribution in [3.63, 3.8) is 0 Å². The van der Waals surface area contributed by atoms with Crippen LogP contribution in [0.2, 0.25) is 0 Å². The number of fused-ring (bicyclic) bond motifs is 3. The van der Waals surface area contributed by atoms with E-state index in [1.165, 1.54) is 5.57 Å². The molecule has 3 saturated heterocycles. The Morgan fingerprint density at radius 2 is 1.92 bits per heavy atom. The predicted molar refractivity (Wildman–Crippen MR) is 84.6 cm³/mol. The van der Waals surface area contributed by atoms with Crippen molar-refractivity contribution in [1.82, 2.24) is 0 Å². The average molecular weight is 328 g/mol. The Labute approximate surface area is 141 Å². The first-order valence-electron chi connectivity index (χ1n) is 9.58. The van der Waals surface area contributed by atoms with E-state index in [-0.39, 0.29) is 40.9 Å². The maximum Gasteiger partial charge on any atom is 0.313 e. The van der Waals surface area contributed by atoms with Crippen LogP contribution in [0, 0.1) is 40.4 Å². The van der Waals surface area contributed by atoms with Gasteiger partial charge in [0.05, 0.1) is 10.8 Å². The Hall–Kier alpha value is -1.32. The summed E-state index contributed by atoms with van der Waals surface area (Å²) in [5, 5.41) is 0. The number of esters is 2. The highest BCUT2D eigenvalue weighted by Crippen LogP contribution is 2.74. The number of allylic oxidation sites excluding steroid dienone is 1. The second kappa shape index (κ2) is 3.91. The van der Waals surface area contributed by atoms with Crippen LogP contribution in [0.1, 0.15) is 46.0 Å². The molecule has 24 heavy (non-hydrogen) atoms. The van der Waals surface area contributed by atoms with Gasteiger partial charge in [0.2, 0.25) is 0 Å². The summed E-state index contributed by atoms with van der Waals surface area (Å²) in [7, 11) is 0. The third-order valence-electron chi connectivity index (χ3n) is 8.87. The minimum atomic E-state index is -0.342. The summed E-state index contributed by atoms with van der Waals surface area (Å²) >= 11 is 0. The van der Waals surface area contributed by atoms with Gasteiger partial charge >= 0.3 is 11.9 Å². The van der Waals surface area contributed by atoms with Gasteiger partial charge in [0, 0.05) is 12.3 Å². The van der Waals surface area contributed by atoms with E-state index in [1.807, 2.05) is 0 Å². The first-order valence-corrected chi connectivity index (χ1v) is 9.58. The van der Waals surface area contributed by atoms with E-state index in [4.69, 9.17) is 9.47 Å². The quantitative estimate of drug-likeness (QED) is 0.507. The van der Waals surface area contributed by atoms with Crippen LogP contribution in [-0.2, 0) is 19.1 Å². The SMILES string of the molecule is CC1=C[C@H]2C[C@]3(CC[C@@]45C(=O)O[C@@H](C[C@H]4C)[C@H]4C[C@H]1[C@@H]3[C@H]45)C(=O)O2. The van der Waals surface area contributed by atoms with Crippen molar-refractivity contribution >= 4 is 11.9 Å². The lowest BCUT2D eigenvalue weighted by Crippen LogP contribution is -2.66. The molecule has 4 bridgehead atoms. The second-order valence-electron chi connectivity index (χ2n) is 9.39. The van der Waals surface area contributed by atoms with Gasteiger partial charge in [-0.05, 0) is 62.4 Å². The van der Waals surface area contributed by atoms with Crippen LogP contribution in [0.5, 0.6) is 0 Å². The molecule has 6 fully saturated rings. The van der Waals surface area contributed by atoms with E-state index in [2.05, 4.69) is 19.9 Å². The van der Waals surface area contributed by atoms with Gasteiger partial charge in [-0.15, -0.1) is 0 Å². The monoisotopic (exact) mass is 328 g/mol. The molecule has 4 heteroatoms. The van der Waals surface area contributed by atoms with Crippen LogP contribution in [0.15, 0.2) is 11.6 Å². The van der Waals surface area contributed by atoms with Crippen molar-refractivity contribution in [2.75, 3.05) is 0 Å². The summed E-state index contributed by atoms with van der Waals surface area (Å²) in [5.41, 5.74) is 0.698. The molecule has 9 atom stereocenters. The highest BCUT2D eigenvalue weighted by atomic mass is 16.6. The summed E-state index contributed by atoms with van der Waals surface area (Å²) < 4.78 is 11.6. The minimum Gasteiger partial charge on any atom is -0.462 e. The summed E-state index contributed by atoms with van der Waals surface area (Å²) in [5.74, 6) is 1.91. The van der Waals surface area contributed by atoms with Gasteiger partial charge in [-0.1, -0.05) is 12.5 Å².